The lowest BCUT2D eigenvalue weighted by Crippen LogP contribution is -2.26. The molecule has 0 N–H and O–H groups in total. The van der Waals surface area contributed by atoms with Crippen molar-refractivity contribution in [3.63, 3.8) is 0 Å². The molecule has 2 nitrogen and oxygen atoms in total. The Bertz CT molecular complexity index is 3690. The van der Waals surface area contributed by atoms with Crippen LogP contribution in [0.15, 0.2) is 206 Å². The van der Waals surface area contributed by atoms with Gasteiger partial charge in [-0.15, -0.1) is 22.7 Å². The monoisotopic (exact) mass is 918 g/mol. The first-order chi connectivity index (χ1) is 33.9. The van der Waals surface area contributed by atoms with Crippen LogP contribution >= 0.6 is 22.7 Å². The van der Waals surface area contributed by atoms with Crippen LogP contribution in [-0.4, -0.2) is 0 Å². The fourth-order valence-corrected chi connectivity index (χ4v) is 14.2. The third kappa shape index (κ3) is 5.77. The average molecular weight is 919 g/mol. The molecule has 12 aromatic rings. The average Bonchev–Trinajstić information content (AvgIpc) is 4.12. The van der Waals surface area contributed by atoms with Gasteiger partial charge in [0, 0.05) is 53.7 Å². The van der Waals surface area contributed by atoms with Gasteiger partial charge < -0.3 is 9.80 Å². The number of nitrogens with zero attached hydrogens (tertiary/aromatic N) is 2. The Morgan fingerprint density at radius 2 is 0.652 bits per heavy atom. The van der Waals surface area contributed by atoms with Crippen molar-refractivity contribution in [3.05, 3.63) is 251 Å². The van der Waals surface area contributed by atoms with Crippen molar-refractivity contribution in [2.75, 3.05) is 9.80 Å². The van der Waals surface area contributed by atoms with Gasteiger partial charge in [-0.25, -0.2) is 0 Å². The Balaban J connectivity index is 1.22. The number of anilines is 6. The Hall–Kier alpha value is -7.76. The Morgan fingerprint density at radius 3 is 1.01 bits per heavy atom. The summed E-state index contributed by atoms with van der Waals surface area (Å²) < 4.78 is 5.16. The molecule has 1 spiro atoms. The summed E-state index contributed by atoms with van der Waals surface area (Å²) in [6.45, 7) is 8.71. The summed E-state index contributed by atoms with van der Waals surface area (Å²) >= 11 is 3.85. The van der Waals surface area contributed by atoms with E-state index in [2.05, 4.69) is 244 Å². The maximum absolute atomic E-state index is 2.61. The molecule has 0 unspecified atom stereocenters. The number of benzene rings is 10. The number of rotatable bonds is 6. The van der Waals surface area contributed by atoms with E-state index in [1.165, 1.54) is 118 Å². The fraction of sp³-hybridized carbons (Fsp3) is 0.0769. The summed E-state index contributed by atoms with van der Waals surface area (Å²) in [6, 6.07) is 78.4. The van der Waals surface area contributed by atoms with Gasteiger partial charge in [-0.1, -0.05) is 156 Å². The third-order valence-electron chi connectivity index (χ3n) is 14.9. The summed E-state index contributed by atoms with van der Waals surface area (Å²) in [5, 5.41) is 5.24. The van der Waals surface area contributed by atoms with Gasteiger partial charge in [0.2, 0.25) is 0 Å². The van der Waals surface area contributed by atoms with Gasteiger partial charge in [0.15, 0.2) is 0 Å². The van der Waals surface area contributed by atoms with Crippen molar-refractivity contribution in [2.24, 2.45) is 0 Å². The lowest BCUT2D eigenvalue weighted by molar-refractivity contribution is 0.795. The molecule has 0 atom stereocenters. The third-order valence-corrected chi connectivity index (χ3v) is 17.3. The summed E-state index contributed by atoms with van der Waals surface area (Å²) in [5.41, 5.74) is 21.8. The first-order valence-electron chi connectivity index (χ1n) is 23.9. The van der Waals surface area contributed by atoms with E-state index in [-0.39, 0.29) is 0 Å². The Kier molecular flexibility index (Phi) is 8.84. The summed E-state index contributed by atoms with van der Waals surface area (Å²) in [7, 11) is 0. The number of thiophene rings is 2. The zero-order valence-corrected chi connectivity index (χ0v) is 40.5. The molecule has 2 aliphatic carbocycles. The molecule has 2 heterocycles. The molecule has 10 aromatic carbocycles. The van der Waals surface area contributed by atoms with E-state index in [9.17, 15) is 0 Å². The molecule has 0 aliphatic heterocycles. The molecule has 69 heavy (non-hydrogen) atoms. The van der Waals surface area contributed by atoms with Gasteiger partial charge in [-0.05, 0) is 145 Å². The van der Waals surface area contributed by atoms with Crippen molar-refractivity contribution >= 4 is 97.1 Å². The highest BCUT2D eigenvalue weighted by Gasteiger charge is 2.54. The minimum atomic E-state index is -0.658. The quantitative estimate of drug-likeness (QED) is 0.164. The SMILES string of the molecule is Cc1ccc(N(c2ccc(C)cc2)c2cc3c(c4c2sc2ccccc24)-c2c(cc(N(c4ccc(C)cc4)c4ccc(C)cc4)c4sc5ccccc5c24)C32c3ccccc3-c3ccccc32)cc1. The molecular formula is C65H46N2S2. The zero-order valence-electron chi connectivity index (χ0n) is 38.8. The maximum Gasteiger partial charge on any atom is 0.0727 e. The largest absolute Gasteiger partial charge is 0.309 e. The lowest BCUT2D eigenvalue weighted by Gasteiger charge is -2.33. The van der Waals surface area contributed by atoms with Crippen LogP contribution in [0.3, 0.4) is 0 Å². The van der Waals surface area contributed by atoms with Gasteiger partial charge in [-0.3, -0.25) is 0 Å². The highest BCUT2D eigenvalue weighted by Crippen LogP contribution is 2.68. The molecule has 2 aromatic heterocycles. The molecule has 0 amide bonds. The molecule has 14 rings (SSSR count). The second-order valence-electron chi connectivity index (χ2n) is 19.1. The first-order valence-corrected chi connectivity index (χ1v) is 25.5. The predicted molar refractivity (Wildman–Crippen MR) is 297 cm³/mol. The molecule has 0 bridgehead atoms. The van der Waals surface area contributed by atoms with Crippen molar-refractivity contribution in [3.8, 4) is 22.3 Å². The van der Waals surface area contributed by atoms with Gasteiger partial charge in [-0.2, -0.15) is 0 Å². The van der Waals surface area contributed by atoms with Crippen molar-refractivity contribution in [2.45, 2.75) is 33.1 Å². The van der Waals surface area contributed by atoms with Crippen LogP contribution in [0.2, 0.25) is 0 Å². The molecule has 0 fully saturated rings. The van der Waals surface area contributed by atoms with Crippen LogP contribution in [0.4, 0.5) is 34.1 Å². The summed E-state index contributed by atoms with van der Waals surface area (Å²) in [5.74, 6) is 0. The minimum absolute atomic E-state index is 0.658. The lowest BCUT2D eigenvalue weighted by atomic mass is 9.70. The normalized spacial score (nSPS) is 13.0. The molecule has 328 valence electrons. The number of fused-ring (bicyclic) bond motifs is 18. The van der Waals surface area contributed by atoms with Gasteiger partial charge in [0.25, 0.3) is 0 Å². The topological polar surface area (TPSA) is 6.48 Å². The number of aryl methyl sites for hydroxylation is 4. The minimum Gasteiger partial charge on any atom is -0.309 e. The molecule has 4 heteroatoms. The van der Waals surface area contributed by atoms with E-state index in [0.717, 1.165) is 22.7 Å². The summed E-state index contributed by atoms with van der Waals surface area (Å²) in [6.07, 6.45) is 0. The number of hydrogen-bond acceptors (Lipinski definition) is 4. The van der Waals surface area contributed by atoms with Crippen LogP contribution in [0.5, 0.6) is 0 Å². The van der Waals surface area contributed by atoms with Gasteiger partial charge in [0.05, 0.1) is 26.2 Å². The fourth-order valence-electron chi connectivity index (χ4n) is 11.8. The Morgan fingerprint density at radius 1 is 0.333 bits per heavy atom. The molecule has 0 saturated carbocycles. The van der Waals surface area contributed by atoms with Crippen LogP contribution in [0.25, 0.3) is 62.6 Å². The second-order valence-corrected chi connectivity index (χ2v) is 21.2. The highest BCUT2D eigenvalue weighted by atomic mass is 32.1. The smallest absolute Gasteiger partial charge is 0.0727 e. The van der Waals surface area contributed by atoms with Crippen molar-refractivity contribution < 1.29 is 0 Å². The molecule has 0 radical (unpaired) electrons. The highest BCUT2D eigenvalue weighted by molar-refractivity contribution is 7.27. The van der Waals surface area contributed by atoms with Crippen LogP contribution in [0.1, 0.15) is 44.5 Å². The first kappa shape index (κ1) is 40.3. The van der Waals surface area contributed by atoms with E-state index in [1.807, 2.05) is 22.7 Å². The second kappa shape index (κ2) is 15.1. The van der Waals surface area contributed by atoms with Crippen LogP contribution in [-0.2, 0) is 5.41 Å². The zero-order chi connectivity index (χ0) is 46.1. The van der Waals surface area contributed by atoms with E-state index < -0.39 is 5.41 Å². The van der Waals surface area contributed by atoms with Crippen LogP contribution < -0.4 is 9.80 Å². The van der Waals surface area contributed by atoms with E-state index >= 15 is 0 Å². The van der Waals surface area contributed by atoms with Crippen LogP contribution in [0, 0.1) is 27.7 Å². The van der Waals surface area contributed by atoms with Crippen molar-refractivity contribution in [1.82, 2.24) is 0 Å². The predicted octanol–water partition coefficient (Wildman–Crippen LogP) is 18.9. The Labute approximate surface area is 410 Å². The number of hydrogen-bond donors (Lipinski definition) is 0. The van der Waals surface area contributed by atoms with Gasteiger partial charge in [0.1, 0.15) is 0 Å². The van der Waals surface area contributed by atoms with E-state index in [0.29, 0.717) is 0 Å². The molecule has 0 saturated heterocycles. The molecule has 2 aliphatic rings. The van der Waals surface area contributed by atoms with Crippen molar-refractivity contribution in [1.29, 1.82) is 0 Å². The van der Waals surface area contributed by atoms with Gasteiger partial charge >= 0.3 is 0 Å². The standard InChI is InChI=1S/C65H46N2S2/c1-39-21-29-43(30-22-39)66(44-31-23-40(2)24-32-44)55-37-53-61(59-49-15-7-11-19-57(49)68-63(55)59)62-54(65(53)51-17-9-5-13-47(51)48-14-6-10-18-52(48)65)38-56(64-60(62)50-16-8-12-20-58(50)69-64)67(45-33-25-41(3)26-34-45)46-35-27-42(4)28-36-46/h5-38H,1-4H3. The van der Waals surface area contributed by atoms with E-state index in [1.54, 1.807) is 0 Å². The maximum atomic E-state index is 2.61. The summed E-state index contributed by atoms with van der Waals surface area (Å²) in [4.78, 5) is 5.05. The van der Waals surface area contributed by atoms with E-state index in [4.69, 9.17) is 0 Å². The molecular weight excluding hydrogens is 873 g/mol.